The Balaban J connectivity index is 1.76. The van der Waals surface area contributed by atoms with E-state index in [0.29, 0.717) is 11.0 Å². The molecule has 0 radical (unpaired) electrons. The highest BCUT2D eigenvalue weighted by Crippen LogP contribution is 2.18. The van der Waals surface area contributed by atoms with Gasteiger partial charge in [-0.2, -0.15) is 0 Å². The highest BCUT2D eigenvalue weighted by molar-refractivity contribution is 6.30. The molecular weight excluding hydrogens is 336 g/mol. The molecule has 0 spiro atoms. The molecule has 0 bridgehead atoms. The average Bonchev–Trinajstić information content (AvgIpc) is 2.58. The van der Waals surface area contributed by atoms with Crippen molar-refractivity contribution in [1.29, 1.82) is 0 Å². The normalized spacial score (nSPS) is 10.4. The Hall–Kier alpha value is -2.92. The second kappa shape index (κ2) is 7.32. The number of halogens is 1. The lowest BCUT2D eigenvalue weighted by Crippen LogP contribution is -2.15. The summed E-state index contributed by atoms with van der Waals surface area (Å²) in [6.07, 6.45) is 1.54. The maximum atomic E-state index is 12.4. The monoisotopic (exact) mass is 352 g/mol. The van der Waals surface area contributed by atoms with E-state index in [1.165, 1.54) is 11.8 Å². The summed E-state index contributed by atoms with van der Waals surface area (Å²) in [6.45, 7) is 4.03. The molecule has 3 aromatic rings. The van der Waals surface area contributed by atoms with Crippen LogP contribution in [0, 0.1) is 13.8 Å². The second-order valence-corrected chi connectivity index (χ2v) is 6.09. The zero-order chi connectivity index (χ0) is 17.8. The Morgan fingerprint density at radius 2 is 1.84 bits per heavy atom. The molecule has 25 heavy (non-hydrogen) atoms. The standard InChI is InChI=1S/C19H17ClN4O/c1-12-6-7-16(10-13(12)2)22-18(25)17-8-9-21-19(24-17)23-15-5-3-4-14(20)11-15/h3-11H,1-2H3,(H,22,25)(H,21,23,24). The third kappa shape index (κ3) is 4.33. The minimum absolute atomic E-state index is 0.276. The second-order valence-electron chi connectivity index (χ2n) is 5.65. The molecule has 0 aliphatic rings. The summed E-state index contributed by atoms with van der Waals surface area (Å²) in [6, 6.07) is 14.5. The zero-order valence-corrected chi connectivity index (χ0v) is 14.6. The van der Waals surface area contributed by atoms with Crippen molar-refractivity contribution >= 4 is 34.8 Å². The lowest BCUT2D eigenvalue weighted by molar-refractivity contribution is 0.102. The van der Waals surface area contributed by atoms with Gasteiger partial charge in [-0.05, 0) is 61.4 Å². The van der Waals surface area contributed by atoms with Crippen molar-refractivity contribution in [2.45, 2.75) is 13.8 Å². The van der Waals surface area contributed by atoms with Crippen molar-refractivity contribution < 1.29 is 4.79 Å². The van der Waals surface area contributed by atoms with E-state index < -0.39 is 0 Å². The molecule has 0 saturated heterocycles. The first-order chi connectivity index (χ1) is 12.0. The van der Waals surface area contributed by atoms with Gasteiger partial charge in [0.1, 0.15) is 5.69 Å². The summed E-state index contributed by atoms with van der Waals surface area (Å²) in [4.78, 5) is 20.8. The number of hydrogen-bond acceptors (Lipinski definition) is 4. The van der Waals surface area contributed by atoms with Gasteiger partial charge in [-0.15, -0.1) is 0 Å². The van der Waals surface area contributed by atoms with Crippen LogP contribution in [0.5, 0.6) is 0 Å². The van der Waals surface area contributed by atoms with Gasteiger partial charge in [-0.3, -0.25) is 4.79 Å². The maximum Gasteiger partial charge on any atom is 0.274 e. The van der Waals surface area contributed by atoms with E-state index in [2.05, 4.69) is 20.6 Å². The number of rotatable bonds is 4. The minimum Gasteiger partial charge on any atom is -0.324 e. The van der Waals surface area contributed by atoms with E-state index in [0.717, 1.165) is 16.9 Å². The summed E-state index contributed by atoms with van der Waals surface area (Å²) in [5.74, 6) is 0.0369. The summed E-state index contributed by atoms with van der Waals surface area (Å²) in [7, 11) is 0. The Labute approximate surface area is 151 Å². The third-order valence-electron chi connectivity index (χ3n) is 3.73. The minimum atomic E-state index is -0.292. The summed E-state index contributed by atoms with van der Waals surface area (Å²) in [5.41, 5.74) is 4.05. The van der Waals surface area contributed by atoms with Gasteiger partial charge in [-0.1, -0.05) is 23.7 Å². The van der Waals surface area contributed by atoms with Gasteiger partial charge in [0.05, 0.1) is 0 Å². The van der Waals surface area contributed by atoms with E-state index >= 15 is 0 Å². The molecule has 0 unspecified atom stereocenters. The molecule has 0 atom stereocenters. The quantitative estimate of drug-likeness (QED) is 0.711. The molecule has 0 aliphatic heterocycles. The van der Waals surface area contributed by atoms with Crippen LogP contribution in [0.15, 0.2) is 54.7 Å². The first-order valence-corrected chi connectivity index (χ1v) is 8.13. The number of aromatic nitrogens is 2. The zero-order valence-electron chi connectivity index (χ0n) is 13.9. The van der Waals surface area contributed by atoms with Gasteiger partial charge in [0.25, 0.3) is 5.91 Å². The van der Waals surface area contributed by atoms with E-state index in [4.69, 9.17) is 11.6 Å². The van der Waals surface area contributed by atoms with Gasteiger partial charge in [0.2, 0.25) is 5.95 Å². The van der Waals surface area contributed by atoms with Crippen LogP contribution >= 0.6 is 11.6 Å². The fourth-order valence-corrected chi connectivity index (χ4v) is 2.45. The molecule has 0 saturated carbocycles. The van der Waals surface area contributed by atoms with E-state index in [1.807, 2.05) is 44.2 Å². The van der Waals surface area contributed by atoms with E-state index in [-0.39, 0.29) is 11.6 Å². The molecule has 0 fully saturated rings. The van der Waals surface area contributed by atoms with Gasteiger partial charge in [0, 0.05) is 22.6 Å². The Morgan fingerprint density at radius 1 is 1.00 bits per heavy atom. The highest BCUT2D eigenvalue weighted by Gasteiger charge is 2.10. The van der Waals surface area contributed by atoms with Crippen molar-refractivity contribution in [2.24, 2.45) is 0 Å². The van der Waals surface area contributed by atoms with E-state index in [9.17, 15) is 4.79 Å². The Morgan fingerprint density at radius 3 is 2.60 bits per heavy atom. The molecular formula is C19H17ClN4O. The number of nitrogens with one attached hydrogen (secondary N) is 2. The molecule has 1 aromatic heterocycles. The molecule has 1 heterocycles. The van der Waals surface area contributed by atoms with Crippen LogP contribution in [0.2, 0.25) is 5.02 Å². The number of amides is 1. The van der Waals surface area contributed by atoms with Crippen LogP contribution < -0.4 is 10.6 Å². The fourth-order valence-electron chi connectivity index (χ4n) is 2.26. The van der Waals surface area contributed by atoms with Gasteiger partial charge < -0.3 is 10.6 Å². The molecule has 1 amide bonds. The molecule has 126 valence electrons. The predicted molar refractivity (Wildman–Crippen MR) is 101 cm³/mol. The number of aryl methyl sites for hydroxylation is 2. The SMILES string of the molecule is Cc1ccc(NC(=O)c2ccnc(Nc3cccc(Cl)c3)n2)cc1C. The number of carbonyl (C=O) groups is 1. The van der Waals surface area contributed by atoms with Crippen LogP contribution in [0.3, 0.4) is 0 Å². The maximum absolute atomic E-state index is 12.4. The van der Waals surface area contributed by atoms with Crippen molar-refractivity contribution in [2.75, 3.05) is 10.6 Å². The number of nitrogens with zero attached hydrogens (tertiary/aromatic N) is 2. The van der Waals surface area contributed by atoms with Gasteiger partial charge in [0.15, 0.2) is 0 Å². The first kappa shape index (κ1) is 16.9. The number of carbonyl (C=O) groups excluding carboxylic acids is 1. The number of benzene rings is 2. The average molecular weight is 353 g/mol. The van der Waals surface area contributed by atoms with Crippen LogP contribution in [0.1, 0.15) is 21.6 Å². The third-order valence-corrected chi connectivity index (χ3v) is 3.97. The summed E-state index contributed by atoms with van der Waals surface area (Å²) >= 11 is 5.96. The van der Waals surface area contributed by atoms with Crippen LogP contribution in [0.25, 0.3) is 0 Å². The Bertz CT molecular complexity index is 927. The molecule has 5 nitrogen and oxygen atoms in total. The van der Waals surface area contributed by atoms with Crippen molar-refractivity contribution in [3.63, 3.8) is 0 Å². The predicted octanol–water partition coefficient (Wildman–Crippen LogP) is 4.74. The lowest BCUT2D eigenvalue weighted by atomic mass is 10.1. The molecule has 2 aromatic carbocycles. The largest absolute Gasteiger partial charge is 0.324 e. The fraction of sp³-hybridized carbons (Fsp3) is 0.105. The molecule has 2 N–H and O–H groups in total. The lowest BCUT2D eigenvalue weighted by Gasteiger charge is -2.09. The summed E-state index contributed by atoms with van der Waals surface area (Å²) in [5, 5.41) is 6.49. The molecule has 3 rings (SSSR count). The van der Waals surface area contributed by atoms with Crippen molar-refractivity contribution in [1.82, 2.24) is 9.97 Å². The van der Waals surface area contributed by atoms with Crippen LogP contribution in [-0.4, -0.2) is 15.9 Å². The molecule has 6 heteroatoms. The number of hydrogen-bond donors (Lipinski definition) is 2. The van der Waals surface area contributed by atoms with Crippen LogP contribution in [0.4, 0.5) is 17.3 Å². The molecule has 0 aliphatic carbocycles. The smallest absolute Gasteiger partial charge is 0.274 e. The number of anilines is 3. The van der Waals surface area contributed by atoms with Crippen LogP contribution in [-0.2, 0) is 0 Å². The summed E-state index contributed by atoms with van der Waals surface area (Å²) < 4.78 is 0. The van der Waals surface area contributed by atoms with Crippen molar-refractivity contribution in [3.8, 4) is 0 Å². The Kier molecular flexibility index (Phi) is 4.95. The highest BCUT2D eigenvalue weighted by atomic mass is 35.5. The van der Waals surface area contributed by atoms with Gasteiger partial charge in [-0.25, -0.2) is 9.97 Å². The first-order valence-electron chi connectivity index (χ1n) is 7.75. The van der Waals surface area contributed by atoms with E-state index in [1.54, 1.807) is 18.2 Å². The van der Waals surface area contributed by atoms with Gasteiger partial charge >= 0.3 is 0 Å². The topological polar surface area (TPSA) is 66.9 Å². The van der Waals surface area contributed by atoms with Crippen molar-refractivity contribution in [3.05, 3.63) is 76.6 Å².